The van der Waals surface area contributed by atoms with Gasteiger partial charge in [0, 0.05) is 55.7 Å². The highest BCUT2D eigenvalue weighted by Gasteiger charge is 2.78. The van der Waals surface area contributed by atoms with Crippen molar-refractivity contribution in [1.82, 2.24) is 4.98 Å². The van der Waals surface area contributed by atoms with Gasteiger partial charge in [-0.1, -0.05) is 6.07 Å². The summed E-state index contributed by atoms with van der Waals surface area (Å²) in [6, 6.07) is 19.3. The van der Waals surface area contributed by atoms with Crippen molar-refractivity contribution in [2.75, 3.05) is 28.4 Å². The molecular formula is C33H32N5O6+3. The van der Waals surface area contributed by atoms with Gasteiger partial charge in [-0.15, -0.1) is 13.7 Å². The Bertz CT molecular complexity index is 1870. The average Bonchev–Trinajstić information content (AvgIpc) is 3.56. The molecule has 4 unspecified atom stereocenters. The Hall–Kier alpha value is -5.16. The van der Waals surface area contributed by atoms with E-state index in [-0.39, 0.29) is 5.92 Å². The van der Waals surface area contributed by atoms with E-state index >= 15 is 0 Å². The first-order chi connectivity index (χ1) is 21.5. The second-order valence-electron chi connectivity index (χ2n) is 10.7. The summed E-state index contributed by atoms with van der Waals surface area (Å²) in [6.07, 6.45) is 6.35. The summed E-state index contributed by atoms with van der Waals surface area (Å²) in [6.45, 7) is 1.99. The monoisotopic (exact) mass is 594 g/mol. The molecule has 0 saturated carbocycles. The lowest BCUT2D eigenvalue weighted by molar-refractivity contribution is -1.02. The molecule has 4 atom stereocenters. The molecule has 0 saturated heterocycles. The number of hydrogen-bond acceptors (Lipinski definition) is 8. The number of cyclic esters (lactones) is 1. The highest BCUT2D eigenvalue weighted by Crippen LogP contribution is 2.49. The lowest BCUT2D eigenvalue weighted by atomic mass is 9.85. The van der Waals surface area contributed by atoms with Gasteiger partial charge < -0.3 is 23.7 Å². The van der Waals surface area contributed by atoms with E-state index in [1.165, 1.54) is 0 Å². The number of methoxy groups -OCH3 is 4. The number of nitrogens with zero attached hydrogens (tertiary/aromatic N) is 5. The summed E-state index contributed by atoms with van der Waals surface area (Å²) in [5.41, 5.74) is 3.48. The van der Waals surface area contributed by atoms with Crippen molar-refractivity contribution in [2.45, 2.75) is 31.0 Å². The number of aromatic nitrogens is 4. The molecule has 0 N–H and O–H groups in total. The number of pyridine rings is 4. The largest absolute Gasteiger partial charge is 0.487 e. The Morgan fingerprint density at radius 1 is 0.864 bits per heavy atom. The van der Waals surface area contributed by atoms with Crippen molar-refractivity contribution in [3.05, 3.63) is 108 Å². The molecule has 0 bridgehead atoms. The highest BCUT2D eigenvalue weighted by molar-refractivity contribution is 5.90. The van der Waals surface area contributed by atoms with Crippen molar-refractivity contribution >= 4 is 11.9 Å². The van der Waals surface area contributed by atoms with Gasteiger partial charge in [0.05, 0.1) is 21.3 Å². The van der Waals surface area contributed by atoms with Crippen LogP contribution in [-0.4, -0.2) is 51.5 Å². The van der Waals surface area contributed by atoms with Gasteiger partial charge in [0.25, 0.3) is 5.69 Å². The molecule has 11 nitrogen and oxygen atoms in total. The number of aryl methyl sites for hydroxylation is 1. The van der Waals surface area contributed by atoms with E-state index in [4.69, 9.17) is 28.7 Å². The summed E-state index contributed by atoms with van der Waals surface area (Å²) in [4.78, 5) is 22.9. The molecule has 222 valence electrons. The lowest BCUT2D eigenvalue weighted by Gasteiger charge is -2.27. The van der Waals surface area contributed by atoms with Crippen LogP contribution in [0.4, 0.5) is 0 Å². The predicted molar refractivity (Wildman–Crippen MR) is 155 cm³/mol. The number of aliphatic imine (C=N–C) groups is 1. The Labute approximate surface area is 254 Å². The molecule has 4 aromatic heterocycles. The number of ether oxygens (including phenoxy) is 5. The second-order valence-corrected chi connectivity index (χ2v) is 10.7. The summed E-state index contributed by atoms with van der Waals surface area (Å²) in [5, 5.41) is 0. The Kier molecular flexibility index (Phi) is 6.62. The van der Waals surface area contributed by atoms with Crippen molar-refractivity contribution in [3.8, 4) is 23.0 Å². The van der Waals surface area contributed by atoms with Crippen LogP contribution < -0.4 is 23.2 Å². The molecule has 0 aliphatic carbocycles. The minimum Gasteiger partial charge on any atom is -0.481 e. The predicted octanol–water partition coefficient (Wildman–Crippen LogP) is 2.56. The Balaban J connectivity index is 1.63. The first kappa shape index (κ1) is 27.7. The number of esters is 1. The minimum absolute atomic E-state index is 0.329. The van der Waals surface area contributed by atoms with Crippen LogP contribution in [0.25, 0.3) is 11.3 Å². The molecule has 44 heavy (non-hydrogen) atoms. The van der Waals surface area contributed by atoms with E-state index in [1.807, 2.05) is 84.7 Å². The molecule has 11 heteroatoms. The van der Waals surface area contributed by atoms with Crippen LogP contribution in [0.1, 0.15) is 33.9 Å². The van der Waals surface area contributed by atoms with Crippen molar-refractivity contribution in [2.24, 2.45) is 4.99 Å². The molecule has 3 aliphatic rings. The molecule has 4 aromatic rings. The van der Waals surface area contributed by atoms with Gasteiger partial charge in [0.15, 0.2) is 24.8 Å². The standard InChI is InChI=1S/C33H32N5O6/c1-20-18-25(40-2)34-29(42-4)27(20)22-12-7-10-16-37(22)33(32-36-15-9-6-14-24(36)31(39)44-32)21-19-26(41-3)35-30(43-5)28(21)23-13-8-11-17-38(23)33/h6-19,28,30,32H,1-5H3/q+3. The quantitative estimate of drug-likeness (QED) is 0.250. The smallest absolute Gasteiger partial charge is 0.481 e. The molecule has 0 amide bonds. The third-order valence-corrected chi connectivity index (χ3v) is 8.57. The molecule has 0 aromatic carbocycles. The van der Waals surface area contributed by atoms with E-state index in [9.17, 15) is 4.79 Å². The molecule has 7 heterocycles. The van der Waals surface area contributed by atoms with Crippen molar-refractivity contribution < 1.29 is 42.2 Å². The molecule has 0 radical (unpaired) electrons. The fraction of sp³-hybridized carbons (Fsp3) is 0.273. The summed E-state index contributed by atoms with van der Waals surface area (Å²) in [7, 11) is 6.38. The summed E-state index contributed by atoms with van der Waals surface area (Å²) < 4.78 is 35.6. The zero-order valence-electron chi connectivity index (χ0n) is 25.0. The number of dihydropyridines is 1. The maximum atomic E-state index is 13.5. The number of fused-ring (bicyclic) bond motifs is 4. The maximum Gasteiger partial charge on any atom is 0.487 e. The Morgan fingerprint density at radius 2 is 1.59 bits per heavy atom. The first-order valence-electron chi connectivity index (χ1n) is 14.2. The van der Waals surface area contributed by atoms with E-state index in [0.717, 1.165) is 28.1 Å². The van der Waals surface area contributed by atoms with Crippen LogP contribution in [0.2, 0.25) is 0 Å². The van der Waals surface area contributed by atoms with Gasteiger partial charge in [-0.05, 0) is 24.6 Å². The Morgan fingerprint density at radius 3 is 2.32 bits per heavy atom. The van der Waals surface area contributed by atoms with Crippen LogP contribution in [0.15, 0.2) is 95.9 Å². The SMILES string of the molecule is COC1=NC(OC)C2C(=C1)C(C1OC(=O)c3cccc[n+]31)([n+]1ccccc1-c1c(C)cc(OC)nc1OC)[n+]1ccccc12. The lowest BCUT2D eigenvalue weighted by Crippen LogP contribution is -2.79. The summed E-state index contributed by atoms with van der Waals surface area (Å²) in [5.74, 6) is 0.489. The van der Waals surface area contributed by atoms with Crippen molar-refractivity contribution in [3.63, 3.8) is 0 Å². The van der Waals surface area contributed by atoms with Gasteiger partial charge in [-0.3, -0.25) is 0 Å². The van der Waals surface area contributed by atoms with Crippen LogP contribution in [0.3, 0.4) is 0 Å². The van der Waals surface area contributed by atoms with Crippen LogP contribution in [0, 0.1) is 6.92 Å². The molecule has 3 aliphatic heterocycles. The third kappa shape index (κ3) is 3.78. The number of carbonyl (C=O) groups excluding carboxylic acids is 1. The van der Waals surface area contributed by atoms with Crippen molar-refractivity contribution in [1.29, 1.82) is 0 Å². The van der Waals surface area contributed by atoms with E-state index < -0.39 is 24.1 Å². The summed E-state index contributed by atoms with van der Waals surface area (Å²) >= 11 is 0. The zero-order valence-corrected chi connectivity index (χ0v) is 25.0. The topological polar surface area (TPSA) is 100 Å². The highest BCUT2D eigenvalue weighted by atomic mass is 16.6. The molecule has 0 spiro atoms. The fourth-order valence-corrected chi connectivity index (χ4v) is 6.80. The fourth-order valence-electron chi connectivity index (χ4n) is 6.80. The maximum absolute atomic E-state index is 13.5. The second kappa shape index (κ2) is 10.5. The van der Waals surface area contributed by atoms with Gasteiger partial charge in [0.1, 0.15) is 17.1 Å². The zero-order chi connectivity index (χ0) is 30.6. The number of hydrogen-bond donors (Lipinski definition) is 0. The molecule has 7 rings (SSSR count). The van der Waals surface area contributed by atoms with E-state index in [0.29, 0.717) is 23.4 Å². The van der Waals surface area contributed by atoms with Crippen LogP contribution >= 0.6 is 0 Å². The van der Waals surface area contributed by atoms with Gasteiger partial charge in [-0.25, -0.2) is 9.79 Å². The van der Waals surface area contributed by atoms with Gasteiger partial charge in [0.2, 0.25) is 29.0 Å². The normalized spacial score (nSPS) is 23.1. The average molecular weight is 595 g/mol. The van der Waals surface area contributed by atoms with E-state index in [2.05, 4.69) is 20.2 Å². The van der Waals surface area contributed by atoms with Gasteiger partial charge in [-0.2, -0.15) is 4.98 Å². The van der Waals surface area contributed by atoms with Crippen LogP contribution in [0.5, 0.6) is 11.8 Å². The van der Waals surface area contributed by atoms with Gasteiger partial charge >= 0.3 is 17.9 Å². The van der Waals surface area contributed by atoms with E-state index in [1.54, 1.807) is 34.5 Å². The first-order valence-corrected chi connectivity index (χ1v) is 14.2. The van der Waals surface area contributed by atoms with Crippen LogP contribution in [-0.2, 0) is 19.9 Å². The minimum atomic E-state index is -1.20. The number of rotatable bonds is 6. The number of carbonyl (C=O) groups is 1. The molecular weight excluding hydrogens is 562 g/mol. The third-order valence-electron chi connectivity index (χ3n) is 8.57. The molecule has 0 fully saturated rings.